The third kappa shape index (κ3) is 4.77. The molecule has 128 valence electrons. The number of hydrogen-bond donors (Lipinski definition) is 3. The Morgan fingerprint density at radius 3 is 3.00 bits per heavy atom. The quantitative estimate of drug-likeness (QED) is 0.724. The molecule has 1 aliphatic rings. The summed E-state index contributed by atoms with van der Waals surface area (Å²) in [5.41, 5.74) is 2.62. The topological polar surface area (TPSA) is 67.7 Å². The number of hydrogen-bond acceptors (Lipinski definition) is 5. The van der Waals surface area contributed by atoms with Crippen LogP contribution >= 0.6 is 11.3 Å². The molecule has 6 nitrogen and oxygen atoms in total. The number of quaternary nitrogens is 1. The van der Waals surface area contributed by atoms with Crippen LogP contribution in [0.25, 0.3) is 0 Å². The van der Waals surface area contributed by atoms with Crippen LogP contribution in [0.4, 0.5) is 10.8 Å². The molecule has 0 radical (unpaired) electrons. The number of ether oxygens (including phenoxy) is 1. The summed E-state index contributed by atoms with van der Waals surface area (Å²) in [6.45, 7) is 7.27. The van der Waals surface area contributed by atoms with Gasteiger partial charge in [0, 0.05) is 11.1 Å². The number of anilines is 2. The molecule has 0 saturated carbocycles. The molecular weight excluding hydrogens is 324 g/mol. The van der Waals surface area contributed by atoms with E-state index in [1.165, 1.54) is 21.8 Å². The van der Waals surface area contributed by atoms with Crippen molar-refractivity contribution in [1.29, 1.82) is 0 Å². The molecule has 2 heterocycles. The number of morpholine rings is 1. The van der Waals surface area contributed by atoms with Gasteiger partial charge in [-0.2, -0.15) is 0 Å². The molecule has 1 saturated heterocycles. The fourth-order valence-electron chi connectivity index (χ4n) is 2.64. The Morgan fingerprint density at radius 2 is 2.21 bits per heavy atom. The molecule has 1 aromatic carbocycles. The first-order valence-electron chi connectivity index (χ1n) is 8.19. The van der Waals surface area contributed by atoms with Crippen LogP contribution in [0.15, 0.2) is 29.6 Å². The first kappa shape index (κ1) is 16.9. The van der Waals surface area contributed by atoms with Crippen LogP contribution < -0.4 is 15.5 Å². The van der Waals surface area contributed by atoms with Crippen LogP contribution in [0.1, 0.15) is 16.1 Å². The summed E-state index contributed by atoms with van der Waals surface area (Å²) in [7, 11) is 0. The molecule has 1 aliphatic heterocycles. The Morgan fingerprint density at radius 1 is 1.38 bits per heavy atom. The van der Waals surface area contributed by atoms with Gasteiger partial charge in [0.25, 0.3) is 5.91 Å². The number of nitrogens with one attached hydrogen (secondary N) is 3. The first-order valence-corrected chi connectivity index (χ1v) is 9.07. The zero-order valence-electron chi connectivity index (χ0n) is 13.8. The summed E-state index contributed by atoms with van der Waals surface area (Å²) in [6.07, 6.45) is 0. The molecule has 1 aromatic heterocycles. The normalized spacial score (nSPS) is 15.2. The molecule has 0 unspecified atom stereocenters. The molecule has 1 fully saturated rings. The summed E-state index contributed by atoms with van der Waals surface area (Å²) in [4.78, 5) is 18.0. The minimum absolute atomic E-state index is 0.115. The molecule has 0 aliphatic carbocycles. The van der Waals surface area contributed by atoms with Crippen molar-refractivity contribution in [1.82, 2.24) is 10.3 Å². The highest BCUT2D eigenvalue weighted by Gasteiger charge is 2.15. The maximum Gasteiger partial charge on any atom is 0.271 e. The summed E-state index contributed by atoms with van der Waals surface area (Å²) in [5.74, 6) is -0.115. The largest absolute Gasteiger partial charge is 0.370 e. The van der Waals surface area contributed by atoms with Gasteiger partial charge in [-0.3, -0.25) is 4.79 Å². The van der Waals surface area contributed by atoms with Crippen molar-refractivity contribution >= 4 is 28.1 Å². The Balaban J connectivity index is 1.48. The number of carbonyl (C=O) groups is 1. The molecule has 0 atom stereocenters. The van der Waals surface area contributed by atoms with E-state index in [1.807, 2.05) is 31.2 Å². The average molecular weight is 347 g/mol. The Labute approximate surface area is 145 Å². The highest BCUT2D eigenvalue weighted by atomic mass is 32.1. The van der Waals surface area contributed by atoms with E-state index in [1.54, 1.807) is 5.38 Å². The van der Waals surface area contributed by atoms with Crippen LogP contribution in [-0.2, 0) is 4.74 Å². The number of rotatable bonds is 6. The van der Waals surface area contributed by atoms with Crippen LogP contribution in [0.5, 0.6) is 0 Å². The minimum Gasteiger partial charge on any atom is -0.370 e. The maximum absolute atomic E-state index is 12.2. The standard InChI is InChI=1S/C17H22N4O2S/c1-13-3-2-4-14(11-13)19-17-20-15(12-24-17)16(22)18-5-6-21-7-9-23-10-8-21/h2-4,11-12H,5-10H2,1H3,(H,18,22)(H,19,20)/p+1. The van der Waals surface area contributed by atoms with Crippen molar-refractivity contribution in [2.75, 3.05) is 44.7 Å². The highest BCUT2D eigenvalue weighted by molar-refractivity contribution is 7.14. The molecule has 1 amide bonds. The Hall–Kier alpha value is -1.96. The minimum atomic E-state index is -0.115. The van der Waals surface area contributed by atoms with Crippen molar-refractivity contribution in [2.24, 2.45) is 0 Å². The van der Waals surface area contributed by atoms with Crippen molar-refractivity contribution in [3.05, 3.63) is 40.9 Å². The van der Waals surface area contributed by atoms with Gasteiger partial charge in [-0.15, -0.1) is 11.3 Å². The van der Waals surface area contributed by atoms with Crippen molar-refractivity contribution in [2.45, 2.75) is 6.92 Å². The number of amides is 1. The second kappa shape index (κ2) is 8.23. The number of thiazole rings is 1. The van der Waals surface area contributed by atoms with E-state index in [4.69, 9.17) is 4.74 Å². The number of benzene rings is 1. The molecule has 7 heteroatoms. The smallest absolute Gasteiger partial charge is 0.271 e. The van der Waals surface area contributed by atoms with Crippen LogP contribution in [0.3, 0.4) is 0 Å². The zero-order valence-corrected chi connectivity index (χ0v) is 14.6. The second-order valence-corrected chi connectivity index (χ2v) is 6.76. The van der Waals surface area contributed by atoms with E-state index in [0.717, 1.165) is 43.7 Å². The summed E-state index contributed by atoms with van der Waals surface area (Å²) >= 11 is 1.44. The third-order valence-electron chi connectivity index (χ3n) is 3.97. The van der Waals surface area contributed by atoms with Crippen molar-refractivity contribution < 1.29 is 14.4 Å². The van der Waals surface area contributed by atoms with Gasteiger partial charge in [0.15, 0.2) is 5.13 Å². The molecule has 24 heavy (non-hydrogen) atoms. The van der Waals surface area contributed by atoms with E-state index in [2.05, 4.69) is 15.6 Å². The van der Waals surface area contributed by atoms with Crippen LogP contribution in [0.2, 0.25) is 0 Å². The van der Waals surface area contributed by atoms with Gasteiger partial charge in [-0.1, -0.05) is 12.1 Å². The lowest BCUT2D eigenvalue weighted by molar-refractivity contribution is -0.906. The van der Waals surface area contributed by atoms with E-state index in [-0.39, 0.29) is 5.91 Å². The predicted octanol–water partition coefficient (Wildman–Crippen LogP) is 0.840. The van der Waals surface area contributed by atoms with Crippen molar-refractivity contribution in [3.63, 3.8) is 0 Å². The van der Waals surface area contributed by atoms with Crippen molar-refractivity contribution in [3.8, 4) is 0 Å². The van der Waals surface area contributed by atoms with E-state index in [9.17, 15) is 4.79 Å². The van der Waals surface area contributed by atoms with Crippen LogP contribution in [0, 0.1) is 6.92 Å². The maximum atomic E-state index is 12.2. The Bertz CT molecular complexity index is 683. The monoisotopic (exact) mass is 347 g/mol. The SMILES string of the molecule is Cc1cccc(Nc2nc(C(=O)NCC[NH+]3CCOCC3)cs2)c1. The lowest BCUT2D eigenvalue weighted by Crippen LogP contribution is -3.14. The van der Waals surface area contributed by atoms with Gasteiger partial charge < -0.3 is 20.3 Å². The third-order valence-corrected chi connectivity index (χ3v) is 4.73. The number of carbonyl (C=O) groups excluding carboxylic acids is 1. The lowest BCUT2D eigenvalue weighted by Gasteiger charge is -2.23. The molecule has 2 aromatic rings. The van der Waals surface area contributed by atoms with E-state index in [0.29, 0.717) is 12.2 Å². The predicted molar refractivity (Wildman–Crippen MR) is 95.3 cm³/mol. The van der Waals surface area contributed by atoms with E-state index >= 15 is 0 Å². The van der Waals surface area contributed by atoms with Gasteiger partial charge in [-0.25, -0.2) is 4.98 Å². The summed E-state index contributed by atoms with van der Waals surface area (Å²) in [5, 5.41) is 8.70. The highest BCUT2D eigenvalue weighted by Crippen LogP contribution is 2.21. The lowest BCUT2D eigenvalue weighted by atomic mass is 10.2. The molecule has 3 N–H and O–H groups in total. The summed E-state index contributed by atoms with van der Waals surface area (Å²) in [6, 6.07) is 8.07. The van der Waals surface area contributed by atoms with Gasteiger partial charge >= 0.3 is 0 Å². The molecular formula is C17H23N4O2S+. The summed E-state index contributed by atoms with van der Waals surface area (Å²) < 4.78 is 5.33. The number of aromatic nitrogens is 1. The van der Waals surface area contributed by atoms with E-state index < -0.39 is 0 Å². The van der Waals surface area contributed by atoms with Gasteiger partial charge in [0.1, 0.15) is 18.8 Å². The van der Waals surface area contributed by atoms with Crippen LogP contribution in [-0.4, -0.2) is 50.3 Å². The number of aryl methyl sites for hydroxylation is 1. The fourth-order valence-corrected chi connectivity index (χ4v) is 3.35. The zero-order chi connectivity index (χ0) is 16.8. The second-order valence-electron chi connectivity index (χ2n) is 5.90. The fraction of sp³-hybridized carbons (Fsp3) is 0.412. The Kier molecular flexibility index (Phi) is 5.79. The first-order chi connectivity index (χ1) is 11.7. The number of nitrogens with zero attached hydrogens (tertiary/aromatic N) is 1. The van der Waals surface area contributed by atoms with Gasteiger partial charge in [-0.05, 0) is 24.6 Å². The average Bonchev–Trinajstić information content (AvgIpc) is 3.04. The molecule has 0 bridgehead atoms. The van der Waals surface area contributed by atoms with Gasteiger partial charge in [0.2, 0.25) is 0 Å². The molecule has 0 spiro atoms. The van der Waals surface area contributed by atoms with Gasteiger partial charge in [0.05, 0.1) is 26.3 Å². The molecule has 3 rings (SSSR count).